The van der Waals surface area contributed by atoms with Crippen molar-refractivity contribution >= 4 is 42.6 Å². The maximum absolute atomic E-state index is 3.73. The van der Waals surface area contributed by atoms with Gasteiger partial charge >= 0.3 is 0 Å². The van der Waals surface area contributed by atoms with Gasteiger partial charge in [-0.1, -0.05) is 74.3 Å². The van der Waals surface area contributed by atoms with E-state index in [-0.39, 0.29) is 0 Å². The van der Waals surface area contributed by atoms with E-state index in [4.69, 9.17) is 0 Å². The minimum Gasteiger partial charge on any atom is -0.0928 e. The molecule has 0 nitrogen and oxygen atoms in total. The van der Waals surface area contributed by atoms with Crippen LogP contribution in [0.25, 0.3) is 10.8 Å². The standard InChI is InChI=1S/C14H14Br2/c15-9-8-13(16)10-12-6-3-5-11-4-1-2-7-14(11)12/h1-7,13H,8-10H2. The Bertz CT molecular complexity index is 460. The monoisotopic (exact) mass is 340 g/mol. The lowest BCUT2D eigenvalue weighted by molar-refractivity contribution is 0.846. The molecule has 0 N–H and O–H groups in total. The van der Waals surface area contributed by atoms with Gasteiger partial charge in [0, 0.05) is 10.2 Å². The molecule has 84 valence electrons. The molecule has 0 heterocycles. The van der Waals surface area contributed by atoms with E-state index in [1.165, 1.54) is 16.3 Å². The Hall–Kier alpha value is -0.340. The Morgan fingerprint density at radius 3 is 2.56 bits per heavy atom. The largest absolute Gasteiger partial charge is 0.0928 e. The third-order valence-electron chi connectivity index (χ3n) is 2.74. The fraction of sp³-hybridized carbons (Fsp3) is 0.286. The number of halogens is 2. The van der Waals surface area contributed by atoms with E-state index in [0.29, 0.717) is 4.83 Å². The Morgan fingerprint density at radius 2 is 1.75 bits per heavy atom. The van der Waals surface area contributed by atoms with E-state index in [2.05, 4.69) is 74.3 Å². The SMILES string of the molecule is BrCCC(Br)Cc1cccc2ccccc12. The predicted octanol–water partition coefficient (Wildman–Crippen LogP) is 4.93. The molecule has 1 atom stereocenters. The van der Waals surface area contributed by atoms with Crippen molar-refractivity contribution in [1.29, 1.82) is 0 Å². The molecule has 1 unspecified atom stereocenters. The number of rotatable bonds is 4. The van der Waals surface area contributed by atoms with E-state index in [1.54, 1.807) is 0 Å². The molecule has 0 bridgehead atoms. The van der Waals surface area contributed by atoms with Crippen LogP contribution in [0.3, 0.4) is 0 Å². The van der Waals surface area contributed by atoms with Gasteiger partial charge in [0.25, 0.3) is 0 Å². The third-order valence-corrected chi connectivity index (χ3v) is 3.98. The molecule has 16 heavy (non-hydrogen) atoms. The summed E-state index contributed by atoms with van der Waals surface area (Å²) < 4.78 is 0. The van der Waals surface area contributed by atoms with Gasteiger partial charge in [-0.2, -0.15) is 0 Å². The van der Waals surface area contributed by atoms with E-state index < -0.39 is 0 Å². The van der Waals surface area contributed by atoms with Gasteiger partial charge in [0.1, 0.15) is 0 Å². The number of benzene rings is 2. The second-order valence-corrected chi connectivity index (χ2v) is 6.01. The van der Waals surface area contributed by atoms with E-state index in [9.17, 15) is 0 Å². The van der Waals surface area contributed by atoms with Crippen LogP contribution in [-0.2, 0) is 6.42 Å². The first-order chi connectivity index (χ1) is 7.81. The van der Waals surface area contributed by atoms with Gasteiger partial charge in [-0.25, -0.2) is 0 Å². The summed E-state index contributed by atoms with van der Waals surface area (Å²) in [4.78, 5) is 0.553. The highest BCUT2D eigenvalue weighted by molar-refractivity contribution is 9.10. The summed E-state index contributed by atoms with van der Waals surface area (Å²) in [6.07, 6.45) is 2.25. The van der Waals surface area contributed by atoms with Gasteiger partial charge in [0.05, 0.1) is 0 Å². The number of hydrogen-bond acceptors (Lipinski definition) is 0. The predicted molar refractivity (Wildman–Crippen MR) is 78.8 cm³/mol. The quantitative estimate of drug-likeness (QED) is 0.691. The molecule has 0 aromatic heterocycles. The second kappa shape index (κ2) is 5.83. The summed E-state index contributed by atoms with van der Waals surface area (Å²) in [6, 6.07) is 15.1. The van der Waals surface area contributed by atoms with E-state index in [1.807, 2.05) is 0 Å². The third kappa shape index (κ3) is 2.86. The van der Waals surface area contributed by atoms with Crippen LogP contribution < -0.4 is 0 Å². The summed E-state index contributed by atoms with van der Waals surface area (Å²) in [5.74, 6) is 0. The zero-order valence-corrected chi connectivity index (χ0v) is 12.2. The summed E-state index contributed by atoms with van der Waals surface area (Å²) in [5.41, 5.74) is 1.43. The van der Waals surface area contributed by atoms with Gasteiger partial charge in [-0.3, -0.25) is 0 Å². The molecular weight excluding hydrogens is 328 g/mol. The first kappa shape index (κ1) is 12.1. The summed E-state index contributed by atoms with van der Waals surface area (Å²) in [5, 5.41) is 3.76. The highest BCUT2D eigenvalue weighted by Gasteiger charge is 2.07. The maximum atomic E-state index is 3.73. The molecule has 0 spiro atoms. The van der Waals surface area contributed by atoms with Crippen LogP contribution in [0, 0.1) is 0 Å². The van der Waals surface area contributed by atoms with Crippen molar-refractivity contribution in [1.82, 2.24) is 0 Å². The second-order valence-electron chi connectivity index (χ2n) is 3.92. The Balaban J connectivity index is 2.30. The molecule has 2 aromatic rings. The van der Waals surface area contributed by atoms with Crippen LogP contribution in [-0.4, -0.2) is 10.2 Å². The Morgan fingerprint density at radius 1 is 1.00 bits per heavy atom. The molecule has 2 heteroatoms. The molecule has 0 radical (unpaired) electrons. The minimum atomic E-state index is 0.553. The molecular formula is C14H14Br2. The van der Waals surface area contributed by atoms with Crippen LogP contribution in [0.1, 0.15) is 12.0 Å². The number of fused-ring (bicyclic) bond motifs is 1. The van der Waals surface area contributed by atoms with Crippen molar-refractivity contribution in [3.05, 3.63) is 48.0 Å². The lowest BCUT2D eigenvalue weighted by atomic mass is 10.0. The van der Waals surface area contributed by atoms with Gasteiger partial charge in [0.2, 0.25) is 0 Å². The lowest BCUT2D eigenvalue weighted by Crippen LogP contribution is -2.03. The van der Waals surface area contributed by atoms with Gasteiger partial charge in [-0.05, 0) is 29.2 Å². The molecule has 0 aliphatic rings. The van der Waals surface area contributed by atoms with E-state index in [0.717, 1.165) is 18.2 Å². The summed E-state index contributed by atoms with van der Waals surface area (Å²) in [7, 11) is 0. The van der Waals surface area contributed by atoms with Crippen LogP contribution in [0.15, 0.2) is 42.5 Å². The summed E-state index contributed by atoms with van der Waals surface area (Å²) in [6.45, 7) is 0. The Labute approximate surface area is 113 Å². The van der Waals surface area contributed by atoms with Gasteiger partial charge in [0.15, 0.2) is 0 Å². The lowest BCUT2D eigenvalue weighted by Gasteiger charge is -2.10. The summed E-state index contributed by atoms with van der Waals surface area (Å²) >= 11 is 7.21. The fourth-order valence-corrected chi connectivity index (χ4v) is 3.67. The van der Waals surface area contributed by atoms with Crippen molar-refractivity contribution < 1.29 is 0 Å². The van der Waals surface area contributed by atoms with Crippen molar-refractivity contribution in [2.45, 2.75) is 17.7 Å². The van der Waals surface area contributed by atoms with Crippen LogP contribution in [0.5, 0.6) is 0 Å². The van der Waals surface area contributed by atoms with Crippen molar-refractivity contribution in [2.75, 3.05) is 5.33 Å². The molecule has 0 aliphatic heterocycles. The molecule has 0 amide bonds. The van der Waals surface area contributed by atoms with Gasteiger partial charge in [-0.15, -0.1) is 0 Å². The van der Waals surface area contributed by atoms with Crippen molar-refractivity contribution in [2.24, 2.45) is 0 Å². The molecule has 0 saturated heterocycles. The zero-order chi connectivity index (χ0) is 11.4. The first-order valence-corrected chi connectivity index (χ1v) is 7.51. The Kier molecular flexibility index (Phi) is 4.42. The molecule has 0 fully saturated rings. The molecule has 0 saturated carbocycles. The fourth-order valence-electron chi connectivity index (χ4n) is 1.93. The smallest absolute Gasteiger partial charge is 0.0194 e. The first-order valence-electron chi connectivity index (χ1n) is 5.48. The van der Waals surface area contributed by atoms with Crippen molar-refractivity contribution in [3.63, 3.8) is 0 Å². The minimum absolute atomic E-state index is 0.553. The van der Waals surface area contributed by atoms with Crippen molar-refractivity contribution in [3.8, 4) is 0 Å². The maximum Gasteiger partial charge on any atom is 0.0194 e. The highest BCUT2D eigenvalue weighted by Crippen LogP contribution is 2.22. The van der Waals surface area contributed by atoms with Gasteiger partial charge < -0.3 is 0 Å². The average Bonchev–Trinajstić information content (AvgIpc) is 2.30. The molecule has 2 aromatic carbocycles. The van der Waals surface area contributed by atoms with Crippen LogP contribution in [0.4, 0.5) is 0 Å². The van der Waals surface area contributed by atoms with Crippen LogP contribution >= 0.6 is 31.9 Å². The molecule has 0 aliphatic carbocycles. The normalized spacial score (nSPS) is 12.9. The number of alkyl halides is 2. The highest BCUT2D eigenvalue weighted by atomic mass is 79.9. The topological polar surface area (TPSA) is 0 Å². The zero-order valence-electron chi connectivity index (χ0n) is 9.00. The van der Waals surface area contributed by atoms with Crippen LogP contribution in [0.2, 0.25) is 0 Å². The van der Waals surface area contributed by atoms with E-state index >= 15 is 0 Å². The average molecular weight is 342 g/mol. The molecule has 2 rings (SSSR count). The number of hydrogen-bond donors (Lipinski definition) is 0.